The lowest BCUT2D eigenvalue weighted by Crippen LogP contribution is -2.35. The van der Waals surface area contributed by atoms with Crippen LogP contribution in [0.5, 0.6) is 0 Å². The van der Waals surface area contributed by atoms with Crippen molar-refractivity contribution in [3.63, 3.8) is 0 Å². The van der Waals surface area contributed by atoms with Crippen LogP contribution >= 0.6 is 0 Å². The van der Waals surface area contributed by atoms with Crippen LogP contribution in [-0.2, 0) is 4.74 Å². The van der Waals surface area contributed by atoms with E-state index in [0.29, 0.717) is 0 Å². The quantitative estimate of drug-likeness (QED) is 0.449. The minimum Gasteiger partial charge on any atom is -0.443 e. The summed E-state index contributed by atoms with van der Waals surface area (Å²) in [6, 6.07) is 0. The van der Waals surface area contributed by atoms with Gasteiger partial charge in [-0.3, -0.25) is 4.90 Å². The Morgan fingerprint density at radius 3 is 1.60 bits per heavy atom. The second-order valence-electron chi connectivity index (χ2n) is 4.96. The number of halogens is 5. The van der Waals surface area contributed by atoms with Gasteiger partial charge in [-0.15, -0.1) is 0 Å². The first kappa shape index (κ1) is 16.2. The molecule has 0 saturated carbocycles. The summed E-state index contributed by atoms with van der Waals surface area (Å²) in [5, 5.41) is 0. The smallest absolute Gasteiger partial charge is 0.414 e. The molecule has 3 nitrogen and oxygen atoms in total. The number of carbonyl (C=O) groups is 1. The fraction of sp³-hybridized carbons (Fsp3) is 0.417. The minimum atomic E-state index is -2.29. The number of anilines is 1. The van der Waals surface area contributed by atoms with Gasteiger partial charge in [0.2, 0.25) is 5.82 Å². The highest BCUT2D eigenvalue weighted by molar-refractivity contribution is 5.87. The number of nitrogens with zero attached hydrogens (tertiary/aromatic N) is 1. The number of hydrogen-bond acceptors (Lipinski definition) is 2. The Bertz CT molecular complexity index is 525. The zero-order valence-electron chi connectivity index (χ0n) is 11.2. The Balaban J connectivity index is 3.30. The topological polar surface area (TPSA) is 29.5 Å². The van der Waals surface area contributed by atoms with E-state index in [9.17, 15) is 26.7 Å². The first-order valence-corrected chi connectivity index (χ1v) is 5.45. The maximum absolute atomic E-state index is 13.5. The van der Waals surface area contributed by atoms with Crippen LogP contribution < -0.4 is 4.90 Å². The lowest BCUT2D eigenvalue weighted by atomic mass is 10.2. The Kier molecular flexibility index (Phi) is 4.26. The van der Waals surface area contributed by atoms with E-state index >= 15 is 0 Å². The number of ether oxygens (including phenoxy) is 1. The van der Waals surface area contributed by atoms with Crippen molar-refractivity contribution in [1.29, 1.82) is 0 Å². The van der Waals surface area contributed by atoms with Gasteiger partial charge in [-0.1, -0.05) is 0 Å². The summed E-state index contributed by atoms with van der Waals surface area (Å²) in [7, 11) is 0.840. The standard InChI is InChI=1S/C12H12F5NO2/c1-12(2,3)20-11(19)18(4)10-8(16)6(14)5(13)7(15)9(10)17/h1-4H3. The fourth-order valence-electron chi connectivity index (χ4n) is 1.31. The summed E-state index contributed by atoms with van der Waals surface area (Å²) < 4.78 is 70.7. The third-order valence-corrected chi connectivity index (χ3v) is 2.19. The number of benzene rings is 1. The predicted molar refractivity (Wildman–Crippen MR) is 60.9 cm³/mol. The van der Waals surface area contributed by atoms with Crippen molar-refractivity contribution in [3.8, 4) is 0 Å². The molecular formula is C12H12F5NO2. The molecule has 0 aliphatic carbocycles. The highest BCUT2D eigenvalue weighted by Crippen LogP contribution is 2.30. The third-order valence-electron chi connectivity index (χ3n) is 2.19. The lowest BCUT2D eigenvalue weighted by Gasteiger charge is -2.25. The molecular weight excluding hydrogens is 285 g/mol. The van der Waals surface area contributed by atoms with E-state index in [1.165, 1.54) is 20.8 Å². The summed E-state index contributed by atoms with van der Waals surface area (Å²) in [6.45, 7) is 4.45. The molecule has 1 aromatic carbocycles. The van der Waals surface area contributed by atoms with Crippen LogP contribution in [-0.4, -0.2) is 18.7 Å². The van der Waals surface area contributed by atoms with Gasteiger partial charge >= 0.3 is 6.09 Å². The summed E-state index contributed by atoms with van der Waals surface area (Å²) in [6.07, 6.45) is -1.25. The van der Waals surface area contributed by atoms with Crippen molar-refractivity contribution in [2.75, 3.05) is 11.9 Å². The molecule has 0 unspecified atom stereocenters. The molecule has 0 radical (unpaired) electrons. The van der Waals surface area contributed by atoms with E-state index < -0.39 is 46.5 Å². The normalized spacial score (nSPS) is 11.4. The van der Waals surface area contributed by atoms with E-state index in [-0.39, 0.29) is 4.90 Å². The van der Waals surface area contributed by atoms with Crippen LogP contribution in [0.15, 0.2) is 0 Å². The van der Waals surface area contributed by atoms with Gasteiger partial charge in [0, 0.05) is 7.05 Å². The molecule has 0 saturated heterocycles. The van der Waals surface area contributed by atoms with Crippen molar-refractivity contribution < 1.29 is 31.5 Å². The summed E-state index contributed by atoms with van der Waals surface area (Å²) in [4.78, 5) is 11.8. The second-order valence-corrected chi connectivity index (χ2v) is 4.96. The SMILES string of the molecule is CN(C(=O)OC(C)(C)C)c1c(F)c(F)c(F)c(F)c1F. The molecule has 0 atom stereocenters. The Hall–Kier alpha value is -1.86. The van der Waals surface area contributed by atoms with Crippen LogP contribution in [0.25, 0.3) is 0 Å². The monoisotopic (exact) mass is 297 g/mol. The summed E-state index contributed by atoms with van der Waals surface area (Å²) in [5.74, 6) is -10.8. The number of hydrogen-bond donors (Lipinski definition) is 0. The largest absolute Gasteiger partial charge is 0.443 e. The highest BCUT2D eigenvalue weighted by Gasteiger charge is 2.31. The summed E-state index contributed by atoms with van der Waals surface area (Å²) >= 11 is 0. The van der Waals surface area contributed by atoms with Crippen molar-refractivity contribution in [3.05, 3.63) is 29.1 Å². The molecule has 0 fully saturated rings. The van der Waals surface area contributed by atoms with Gasteiger partial charge in [0.25, 0.3) is 0 Å². The van der Waals surface area contributed by atoms with E-state index in [4.69, 9.17) is 4.74 Å². The molecule has 0 aliphatic heterocycles. The van der Waals surface area contributed by atoms with Crippen LogP contribution in [0.1, 0.15) is 20.8 Å². The fourth-order valence-corrected chi connectivity index (χ4v) is 1.31. The van der Waals surface area contributed by atoms with Crippen molar-refractivity contribution in [2.24, 2.45) is 0 Å². The van der Waals surface area contributed by atoms with Gasteiger partial charge in [-0.2, -0.15) is 0 Å². The molecule has 1 amide bonds. The van der Waals surface area contributed by atoms with Gasteiger partial charge in [0.15, 0.2) is 23.3 Å². The van der Waals surface area contributed by atoms with Gasteiger partial charge < -0.3 is 4.74 Å². The molecule has 0 aliphatic rings. The zero-order valence-corrected chi connectivity index (χ0v) is 11.2. The van der Waals surface area contributed by atoms with Gasteiger partial charge in [0.05, 0.1) is 0 Å². The van der Waals surface area contributed by atoms with Crippen LogP contribution in [0.2, 0.25) is 0 Å². The molecule has 112 valence electrons. The number of amides is 1. The lowest BCUT2D eigenvalue weighted by molar-refractivity contribution is 0.0586. The predicted octanol–water partition coefficient (Wildman–Crippen LogP) is 3.75. The number of rotatable bonds is 1. The molecule has 0 bridgehead atoms. The highest BCUT2D eigenvalue weighted by atomic mass is 19.2. The van der Waals surface area contributed by atoms with Gasteiger partial charge in [-0.25, -0.2) is 26.7 Å². The maximum Gasteiger partial charge on any atom is 0.414 e. The van der Waals surface area contributed by atoms with E-state index in [2.05, 4.69) is 0 Å². The second kappa shape index (κ2) is 5.26. The van der Waals surface area contributed by atoms with Crippen LogP contribution in [0.4, 0.5) is 32.4 Å². The molecule has 1 rings (SSSR count). The Morgan fingerprint density at radius 2 is 1.25 bits per heavy atom. The van der Waals surface area contributed by atoms with Gasteiger partial charge in [-0.05, 0) is 20.8 Å². The zero-order chi connectivity index (χ0) is 15.8. The third kappa shape index (κ3) is 3.00. The van der Waals surface area contributed by atoms with E-state index in [1.807, 2.05) is 0 Å². The van der Waals surface area contributed by atoms with Crippen molar-refractivity contribution in [1.82, 2.24) is 0 Å². The number of carbonyl (C=O) groups excluding carboxylic acids is 1. The Morgan fingerprint density at radius 1 is 0.900 bits per heavy atom. The first-order valence-electron chi connectivity index (χ1n) is 5.45. The van der Waals surface area contributed by atoms with Crippen LogP contribution in [0, 0.1) is 29.1 Å². The average molecular weight is 297 g/mol. The molecule has 0 spiro atoms. The van der Waals surface area contributed by atoms with E-state index in [0.717, 1.165) is 7.05 Å². The minimum absolute atomic E-state index is 0.224. The van der Waals surface area contributed by atoms with Gasteiger partial charge in [0.1, 0.15) is 11.3 Å². The maximum atomic E-state index is 13.5. The van der Waals surface area contributed by atoms with Crippen LogP contribution in [0.3, 0.4) is 0 Å². The molecule has 1 aromatic rings. The molecule has 0 aromatic heterocycles. The summed E-state index contributed by atoms with van der Waals surface area (Å²) in [5.41, 5.74) is -2.36. The Labute approximate surface area is 111 Å². The molecule has 0 heterocycles. The first-order chi connectivity index (χ1) is 8.97. The van der Waals surface area contributed by atoms with E-state index in [1.54, 1.807) is 0 Å². The molecule has 20 heavy (non-hydrogen) atoms. The van der Waals surface area contributed by atoms with Crippen molar-refractivity contribution in [2.45, 2.75) is 26.4 Å². The average Bonchev–Trinajstić information content (AvgIpc) is 2.32. The molecule has 8 heteroatoms. The van der Waals surface area contributed by atoms with Crippen molar-refractivity contribution >= 4 is 11.8 Å². The molecule has 0 N–H and O–H groups in total.